The predicted octanol–water partition coefficient (Wildman–Crippen LogP) is 2.70. The minimum Gasteiger partial charge on any atom is -0.256 e. The van der Waals surface area contributed by atoms with Crippen LogP contribution in [0.5, 0.6) is 0 Å². The maximum absolute atomic E-state index is 9.05. The number of hydrogen-bond donors (Lipinski definition) is 0. The molecule has 2 rings (SSSR count). The van der Waals surface area contributed by atoms with Gasteiger partial charge in [-0.1, -0.05) is 13.8 Å². The van der Waals surface area contributed by atoms with Crippen molar-refractivity contribution in [2.45, 2.75) is 25.7 Å². The molecule has 0 aliphatic rings. The van der Waals surface area contributed by atoms with Gasteiger partial charge in [0.15, 0.2) is 0 Å². The molecule has 0 aromatic carbocycles. The van der Waals surface area contributed by atoms with Crippen LogP contribution in [0.25, 0.3) is 5.52 Å². The molecule has 0 saturated heterocycles. The van der Waals surface area contributed by atoms with Crippen LogP contribution in [0.1, 0.15) is 37.1 Å². The van der Waals surface area contributed by atoms with E-state index in [0.29, 0.717) is 11.6 Å². The normalized spacial score (nSPS) is 12.9. The first-order valence-corrected chi connectivity index (χ1v) is 6.00. The van der Waals surface area contributed by atoms with Gasteiger partial charge < -0.3 is 0 Å². The molecule has 1 unspecified atom stereocenters. The molecule has 0 radical (unpaired) electrons. The van der Waals surface area contributed by atoms with Gasteiger partial charge in [0, 0.05) is 18.3 Å². The van der Waals surface area contributed by atoms with Gasteiger partial charge in [0.1, 0.15) is 5.92 Å². The van der Waals surface area contributed by atoms with E-state index in [1.807, 2.05) is 6.07 Å². The summed E-state index contributed by atoms with van der Waals surface area (Å²) in [5.74, 6) is 0.196. The maximum atomic E-state index is 9.05. The summed E-state index contributed by atoms with van der Waals surface area (Å²) < 4.78 is 1.76. The Kier molecular flexibility index (Phi) is 3.30. The number of alkyl halides is 1. The minimum atomic E-state index is -0.392. The van der Waals surface area contributed by atoms with Crippen LogP contribution in [0.4, 0.5) is 0 Å². The van der Waals surface area contributed by atoms with Crippen LogP contribution in [0.2, 0.25) is 0 Å². The number of fused-ring (bicyclic) bond motifs is 1. The van der Waals surface area contributed by atoms with E-state index in [1.54, 1.807) is 16.9 Å². The van der Waals surface area contributed by atoms with Crippen molar-refractivity contribution in [1.29, 1.82) is 5.26 Å². The van der Waals surface area contributed by atoms with Crippen LogP contribution in [0, 0.1) is 11.3 Å². The second-order valence-electron chi connectivity index (χ2n) is 4.20. The van der Waals surface area contributed by atoms with E-state index < -0.39 is 5.92 Å². The van der Waals surface area contributed by atoms with Gasteiger partial charge in [0.05, 0.1) is 23.0 Å². The smallest absolute Gasteiger partial charge is 0.104 e. The van der Waals surface area contributed by atoms with Crippen LogP contribution in [-0.4, -0.2) is 20.5 Å². The number of nitriles is 1. The third-order valence-electron chi connectivity index (χ3n) is 2.67. The second-order valence-corrected chi connectivity index (χ2v) is 4.51. The third-order valence-corrected chi connectivity index (χ3v) is 2.98. The van der Waals surface area contributed by atoms with Crippen LogP contribution >= 0.6 is 11.6 Å². The molecule has 17 heavy (non-hydrogen) atoms. The van der Waals surface area contributed by atoms with Crippen molar-refractivity contribution in [2.24, 2.45) is 0 Å². The fourth-order valence-corrected chi connectivity index (χ4v) is 1.90. The highest BCUT2D eigenvalue weighted by molar-refractivity contribution is 6.18. The second kappa shape index (κ2) is 4.72. The number of aromatic nitrogens is 3. The minimum absolute atomic E-state index is 0.241. The highest BCUT2D eigenvalue weighted by Crippen LogP contribution is 2.22. The molecule has 0 aliphatic carbocycles. The molecule has 0 N–H and O–H groups in total. The van der Waals surface area contributed by atoms with Crippen molar-refractivity contribution in [3.8, 4) is 6.07 Å². The van der Waals surface area contributed by atoms with Crippen molar-refractivity contribution in [3.05, 3.63) is 29.8 Å². The zero-order valence-electron chi connectivity index (χ0n) is 9.76. The monoisotopic (exact) mass is 248 g/mol. The van der Waals surface area contributed by atoms with Gasteiger partial charge in [-0.25, -0.2) is 4.52 Å². The van der Waals surface area contributed by atoms with Crippen LogP contribution < -0.4 is 0 Å². The number of halogens is 1. The summed E-state index contributed by atoms with van der Waals surface area (Å²) >= 11 is 5.78. The largest absolute Gasteiger partial charge is 0.256 e. The first-order valence-electron chi connectivity index (χ1n) is 5.47. The van der Waals surface area contributed by atoms with Gasteiger partial charge >= 0.3 is 0 Å². The molecule has 2 aromatic rings. The van der Waals surface area contributed by atoms with Crippen molar-refractivity contribution < 1.29 is 0 Å². The number of hydrogen-bond acceptors (Lipinski definition) is 3. The van der Waals surface area contributed by atoms with Crippen LogP contribution in [-0.2, 0) is 0 Å². The molecule has 0 saturated carbocycles. The summed E-state index contributed by atoms with van der Waals surface area (Å²) in [6, 6.07) is 4.14. The predicted molar refractivity (Wildman–Crippen MR) is 66.2 cm³/mol. The topological polar surface area (TPSA) is 54.0 Å². The highest BCUT2D eigenvalue weighted by Gasteiger charge is 2.17. The molecule has 0 spiro atoms. The fraction of sp³-hybridized carbons (Fsp3) is 0.417. The van der Waals surface area contributed by atoms with Gasteiger partial charge in [-0.3, -0.25) is 4.98 Å². The van der Waals surface area contributed by atoms with Crippen molar-refractivity contribution >= 4 is 17.1 Å². The lowest BCUT2D eigenvalue weighted by atomic mass is 10.1. The Hall–Kier alpha value is -1.60. The third kappa shape index (κ3) is 2.11. The Morgan fingerprint density at radius 2 is 2.29 bits per heavy atom. The molecule has 5 heteroatoms. The Bertz CT molecular complexity index is 567. The molecular weight excluding hydrogens is 236 g/mol. The van der Waals surface area contributed by atoms with Crippen LogP contribution in [0.15, 0.2) is 18.5 Å². The maximum Gasteiger partial charge on any atom is 0.104 e. The first kappa shape index (κ1) is 11.9. The van der Waals surface area contributed by atoms with E-state index in [1.165, 1.54) is 0 Å². The molecule has 2 heterocycles. The lowest BCUT2D eigenvalue weighted by molar-refractivity contribution is 0.783. The van der Waals surface area contributed by atoms with Crippen molar-refractivity contribution in [2.75, 3.05) is 5.88 Å². The fourth-order valence-electron chi connectivity index (χ4n) is 1.68. The summed E-state index contributed by atoms with van der Waals surface area (Å²) in [5, 5.41) is 13.5. The molecule has 0 amide bonds. The molecule has 2 aromatic heterocycles. The van der Waals surface area contributed by atoms with Crippen LogP contribution in [0.3, 0.4) is 0 Å². The Morgan fingerprint density at radius 3 is 2.88 bits per heavy atom. The Morgan fingerprint density at radius 1 is 1.53 bits per heavy atom. The van der Waals surface area contributed by atoms with Gasteiger partial charge in [-0.15, -0.1) is 11.6 Å². The van der Waals surface area contributed by atoms with E-state index in [9.17, 15) is 0 Å². The van der Waals surface area contributed by atoms with E-state index >= 15 is 0 Å². The lowest BCUT2D eigenvalue weighted by Crippen LogP contribution is -2.03. The number of rotatable bonds is 3. The summed E-state index contributed by atoms with van der Waals surface area (Å²) in [6.45, 7) is 4.16. The highest BCUT2D eigenvalue weighted by atomic mass is 35.5. The molecule has 0 aliphatic heterocycles. The summed E-state index contributed by atoms with van der Waals surface area (Å²) in [7, 11) is 0. The Balaban J connectivity index is 2.61. The zero-order chi connectivity index (χ0) is 12.4. The SMILES string of the molecule is CC(C)c1cc2c(C(C#N)CCl)nccn2n1. The first-order chi connectivity index (χ1) is 8.17. The van der Waals surface area contributed by atoms with Gasteiger partial charge in [-0.2, -0.15) is 10.4 Å². The van der Waals surface area contributed by atoms with Gasteiger partial charge in [0.25, 0.3) is 0 Å². The molecule has 0 bridgehead atoms. The average molecular weight is 249 g/mol. The Labute approximate surface area is 105 Å². The zero-order valence-corrected chi connectivity index (χ0v) is 10.5. The summed E-state index contributed by atoms with van der Waals surface area (Å²) in [4.78, 5) is 4.25. The van der Waals surface area contributed by atoms with E-state index in [0.717, 1.165) is 11.2 Å². The summed E-state index contributed by atoms with van der Waals surface area (Å²) in [5.41, 5.74) is 2.55. The number of nitrogens with zero attached hydrogens (tertiary/aromatic N) is 4. The van der Waals surface area contributed by atoms with E-state index in [-0.39, 0.29) is 5.88 Å². The van der Waals surface area contributed by atoms with Crippen molar-refractivity contribution in [1.82, 2.24) is 14.6 Å². The molecule has 4 nitrogen and oxygen atoms in total. The molecule has 1 atom stereocenters. The van der Waals surface area contributed by atoms with Gasteiger partial charge in [0.2, 0.25) is 0 Å². The quantitative estimate of drug-likeness (QED) is 0.785. The molecule has 88 valence electrons. The lowest BCUT2D eigenvalue weighted by Gasteiger charge is -2.05. The standard InChI is InChI=1S/C12H13ClN4/c1-8(2)10-5-11-12(9(6-13)7-14)15-3-4-17(11)16-10/h3-5,8-9H,6H2,1-2H3. The van der Waals surface area contributed by atoms with E-state index in [4.69, 9.17) is 16.9 Å². The van der Waals surface area contributed by atoms with Crippen molar-refractivity contribution in [3.63, 3.8) is 0 Å². The molecular formula is C12H13ClN4. The summed E-state index contributed by atoms with van der Waals surface area (Å²) in [6.07, 6.45) is 3.43. The van der Waals surface area contributed by atoms with E-state index in [2.05, 4.69) is 30.0 Å². The average Bonchev–Trinajstić information content (AvgIpc) is 2.75. The van der Waals surface area contributed by atoms with Gasteiger partial charge in [-0.05, 0) is 12.0 Å². The molecule has 0 fully saturated rings.